The van der Waals surface area contributed by atoms with Gasteiger partial charge in [-0.1, -0.05) is 0 Å². The molecule has 4 nitrogen and oxygen atoms in total. The second-order valence-electron chi connectivity index (χ2n) is 2.96. The fraction of sp³-hybridized carbons (Fsp3) is 0.200. The highest BCUT2D eigenvalue weighted by atomic mass is 32.1. The maximum atomic E-state index is 4.14. The first-order chi connectivity index (χ1) is 7.38. The van der Waals surface area contributed by atoms with Gasteiger partial charge in [-0.05, 0) is 18.4 Å². The van der Waals surface area contributed by atoms with Gasteiger partial charge in [-0.25, -0.2) is 9.97 Å². The van der Waals surface area contributed by atoms with Crippen LogP contribution in [0.1, 0.15) is 6.92 Å². The minimum atomic E-state index is 0.805. The largest absolute Gasteiger partial charge is 0.370 e. The van der Waals surface area contributed by atoms with Crippen LogP contribution in [0.2, 0.25) is 0 Å². The number of nitrogens with zero attached hydrogens (tertiary/aromatic N) is 2. The third kappa shape index (κ3) is 2.66. The van der Waals surface area contributed by atoms with Gasteiger partial charge in [-0.3, -0.25) is 0 Å². The molecule has 0 aromatic carbocycles. The number of aromatic nitrogens is 2. The standard InChI is InChI=1S/C10H12N4S/c1-2-11-9-5-10(13-7-12-9)14-8-3-4-15-6-8/h3-7H,2H2,1H3,(H2,11,12,13,14). The molecule has 0 saturated heterocycles. The quantitative estimate of drug-likeness (QED) is 0.831. The Labute approximate surface area is 92.4 Å². The van der Waals surface area contributed by atoms with Crippen LogP contribution in [0.4, 0.5) is 17.3 Å². The first-order valence-corrected chi connectivity index (χ1v) is 5.68. The lowest BCUT2D eigenvalue weighted by atomic mass is 10.4. The number of rotatable bonds is 4. The van der Waals surface area contributed by atoms with Gasteiger partial charge >= 0.3 is 0 Å². The Kier molecular flexibility index (Phi) is 3.14. The Morgan fingerprint density at radius 1 is 1.33 bits per heavy atom. The molecular weight excluding hydrogens is 208 g/mol. The second kappa shape index (κ2) is 4.75. The molecule has 2 aromatic rings. The third-order valence-corrected chi connectivity index (χ3v) is 2.50. The minimum Gasteiger partial charge on any atom is -0.370 e. The molecule has 2 rings (SSSR count). The van der Waals surface area contributed by atoms with E-state index in [-0.39, 0.29) is 0 Å². The summed E-state index contributed by atoms with van der Waals surface area (Å²) >= 11 is 1.65. The van der Waals surface area contributed by atoms with Gasteiger partial charge < -0.3 is 10.6 Å². The lowest BCUT2D eigenvalue weighted by Gasteiger charge is -2.05. The van der Waals surface area contributed by atoms with Gasteiger partial charge in [0.15, 0.2) is 0 Å². The van der Waals surface area contributed by atoms with Crippen molar-refractivity contribution in [3.63, 3.8) is 0 Å². The van der Waals surface area contributed by atoms with Crippen LogP contribution in [0.5, 0.6) is 0 Å². The highest BCUT2D eigenvalue weighted by molar-refractivity contribution is 7.08. The van der Waals surface area contributed by atoms with Gasteiger partial charge in [0.05, 0.1) is 5.69 Å². The molecule has 0 atom stereocenters. The van der Waals surface area contributed by atoms with Gasteiger partial charge in [0.2, 0.25) is 0 Å². The maximum Gasteiger partial charge on any atom is 0.135 e. The average Bonchev–Trinajstić information content (AvgIpc) is 2.71. The summed E-state index contributed by atoms with van der Waals surface area (Å²) in [6.07, 6.45) is 1.55. The number of hydrogen-bond acceptors (Lipinski definition) is 5. The van der Waals surface area contributed by atoms with Crippen LogP contribution in [-0.4, -0.2) is 16.5 Å². The Bertz CT molecular complexity index is 413. The highest BCUT2D eigenvalue weighted by Gasteiger charge is 1.98. The van der Waals surface area contributed by atoms with E-state index >= 15 is 0 Å². The van der Waals surface area contributed by atoms with Crippen LogP contribution in [0.25, 0.3) is 0 Å². The summed E-state index contributed by atoms with van der Waals surface area (Å²) in [6, 6.07) is 3.90. The number of nitrogens with one attached hydrogen (secondary N) is 2. The first kappa shape index (κ1) is 9.92. The first-order valence-electron chi connectivity index (χ1n) is 4.73. The molecule has 0 amide bonds. The summed E-state index contributed by atoms with van der Waals surface area (Å²) in [5, 5.41) is 10.4. The molecule has 5 heteroatoms. The Morgan fingerprint density at radius 3 is 2.93 bits per heavy atom. The maximum absolute atomic E-state index is 4.14. The Morgan fingerprint density at radius 2 is 2.20 bits per heavy atom. The van der Waals surface area contributed by atoms with Crippen molar-refractivity contribution in [3.8, 4) is 0 Å². The van der Waals surface area contributed by atoms with Crippen LogP contribution < -0.4 is 10.6 Å². The molecule has 0 fully saturated rings. The van der Waals surface area contributed by atoms with Crippen molar-refractivity contribution in [1.29, 1.82) is 0 Å². The number of thiophene rings is 1. The van der Waals surface area contributed by atoms with Crippen molar-refractivity contribution < 1.29 is 0 Å². The van der Waals surface area contributed by atoms with Crippen molar-refractivity contribution in [2.75, 3.05) is 17.2 Å². The fourth-order valence-corrected chi connectivity index (χ4v) is 1.77. The summed E-state index contributed by atoms with van der Waals surface area (Å²) in [7, 11) is 0. The predicted molar refractivity (Wildman–Crippen MR) is 63.8 cm³/mol. The fourth-order valence-electron chi connectivity index (χ4n) is 1.19. The van der Waals surface area contributed by atoms with Crippen LogP contribution in [-0.2, 0) is 0 Å². The summed E-state index contributed by atoms with van der Waals surface area (Å²) in [6.45, 7) is 2.89. The van der Waals surface area contributed by atoms with Gasteiger partial charge in [-0.15, -0.1) is 0 Å². The summed E-state index contributed by atoms with van der Waals surface area (Å²) in [5.41, 5.74) is 1.06. The SMILES string of the molecule is CCNc1cc(Nc2ccsc2)ncn1. The smallest absolute Gasteiger partial charge is 0.135 e. The normalized spacial score (nSPS) is 9.93. The van der Waals surface area contributed by atoms with E-state index in [1.54, 1.807) is 17.7 Å². The molecule has 0 aliphatic heterocycles. The minimum absolute atomic E-state index is 0.805. The van der Waals surface area contributed by atoms with Gasteiger partial charge in [0, 0.05) is 18.0 Å². The van der Waals surface area contributed by atoms with E-state index in [9.17, 15) is 0 Å². The van der Waals surface area contributed by atoms with E-state index in [4.69, 9.17) is 0 Å². The van der Waals surface area contributed by atoms with Crippen LogP contribution in [0.15, 0.2) is 29.2 Å². The van der Waals surface area contributed by atoms with E-state index in [0.717, 1.165) is 23.9 Å². The molecule has 78 valence electrons. The lowest BCUT2D eigenvalue weighted by molar-refractivity contribution is 1.11. The van der Waals surface area contributed by atoms with Crippen molar-refractivity contribution in [1.82, 2.24) is 9.97 Å². The van der Waals surface area contributed by atoms with Crippen molar-refractivity contribution in [2.24, 2.45) is 0 Å². The lowest BCUT2D eigenvalue weighted by Crippen LogP contribution is -2.01. The van der Waals surface area contributed by atoms with Crippen molar-refractivity contribution in [2.45, 2.75) is 6.92 Å². The zero-order valence-electron chi connectivity index (χ0n) is 8.40. The Hall–Kier alpha value is -1.62. The average molecular weight is 220 g/mol. The monoisotopic (exact) mass is 220 g/mol. The zero-order chi connectivity index (χ0) is 10.5. The topological polar surface area (TPSA) is 49.8 Å². The summed E-state index contributed by atoms with van der Waals surface area (Å²) in [5.74, 6) is 1.64. The second-order valence-corrected chi connectivity index (χ2v) is 3.74. The predicted octanol–water partition coefficient (Wildman–Crippen LogP) is 2.71. The van der Waals surface area contributed by atoms with E-state index in [0.29, 0.717) is 0 Å². The number of anilines is 3. The van der Waals surface area contributed by atoms with E-state index in [1.807, 2.05) is 29.8 Å². The Balaban J connectivity index is 2.11. The molecule has 0 bridgehead atoms. The molecule has 0 aliphatic carbocycles. The molecule has 0 aliphatic rings. The van der Waals surface area contributed by atoms with Gasteiger partial charge in [0.1, 0.15) is 18.0 Å². The van der Waals surface area contributed by atoms with Crippen LogP contribution in [0.3, 0.4) is 0 Å². The zero-order valence-corrected chi connectivity index (χ0v) is 9.21. The number of hydrogen-bond donors (Lipinski definition) is 2. The van der Waals surface area contributed by atoms with Crippen LogP contribution in [0, 0.1) is 0 Å². The summed E-state index contributed by atoms with van der Waals surface area (Å²) in [4.78, 5) is 8.24. The van der Waals surface area contributed by atoms with E-state index in [1.165, 1.54) is 0 Å². The van der Waals surface area contributed by atoms with E-state index < -0.39 is 0 Å². The molecule has 2 heterocycles. The van der Waals surface area contributed by atoms with Gasteiger partial charge in [0.25, 0.3) is 0 Å². The third-order valence-electron chi connectivity index (χ3n) is 1.82. The molecule has 15 heavy (non-hydrogen) atoms. The highest BCUT2D eigenvalue weighted by Crippen LogP contribution is 2.18. The van der Waals surface area contributed by atoms with Crippen molar-refractivity contribution >= 4 is 28.7 Å². The molecular formula is C10H12N4S. The molecule has 2 aromatic heterocycles. The molecule has 0 unspecified atom stereocenters. The van der Waals surface area contributed by atoms with Gasteiger partial charge in [-0.2, -0.15) is 11.3 Å². The summed E-state index contributed by atoms with van der Waals surface area (Å²) < 4.78 is 0. The molecule has 2 N–H and O–H groups in total. The van der Waals surface area contributed by atoms with Crippen LogP contribution >= 0.6 is 11.3 Å². The molecule has 0 spiro atoms. The molecule has 0 radical (unpaired) electrons. The van der Waals surface area contributed by atoms with E-state index in [2.05, 4.69) is 20.6 Å². The van der Waals surface area contributed by atoms with Crippen molar-refractivity contribution in [3.05, 3.63) is 29.2 Å². The molecule has 0 saturated carbocycles.